The maximum atomic E-state index is 6.46. The van der Waals surface area contributed by atoms with E-state index in [0.29, 0.717) is 17.4 Å². The molecule has 2 heteroatoms. The van der Waals surface area contributed by atoms with E-state index < -0.39 is 0 Å². The van der Waals surface area contributed by atoms with E-state index in [9.17, 15) is 0 Å². The summed E-state index contributed by atoms with van der Waals surface area (Å²) in [5.41, 5.74) is 6.81. The second-order valence-corrected chi connectivity index (χ2v) is 7.83. The van der Waals surface area contributed by atoms with E-state index in [1.807, 2.05) is 0 Å². The normalized spacial score (nSPS) is 45.3. The lowest BCUT2D eigenvalue weighted by atomic mass is 9.83. The highest BCUT2D eigenvalue weighted by Gasteiger charge is 2.41. The first kappa shape index (κ1) is 14.3. The number of hydrogen-bond acceptors (Lipinski definition) is 2. The van der Waals surface area contributed by atoms with Crippen LogP contribution in [0, 0.1) is 23.2 Å². The van der Waals surface area contributed by atoms with Crippen LogP contribution in [0.5, 0.6) is 0 Å². The highest BCUT2D eigenvalue weighted by molar-refractivity contribution is 4.96. The zero-order valence-corrected chi connectivity index (χ0v) is 12.9. The topological polar surface area (TPSA) is 29.3 Å². The second-order valence-electron chi connectivity index (χ2n) is 7.83. The Morgan fingerprint density at radius 1 is 1.22 bits per heavy atom. The standard InChI is InChI=1S/C16H32N2/c1-11-8-12(2)13(3)18(9-11)10-14-6-7-16(4,5)15(14)17/h11-15H,6-10,17H2,1-5H3. The Morgan fingerprint density at radius 2 is 1.89 bits per heavy atom. The van der Waals surface area contributed by atoms with E-state index in [1.165, 1.54) is 32.4 Å². The first-order valence-electron chi connectivity index (χ1n) is 7.81. The Labute approximate surface area is 113 Å². The number of rotatable bonds is 2. The van der Waals surface area contributed by atoms with Crippen molar-refractivity contribution in [2.75, 3.05) is 13.1 Å². The largest absolute Gasteiger partial charge is 0.327 e. The summed E-state index contributed by atoms with van der Waals surface area (Å²) in [4.78, 5) is 2.71. The molecule has 2 aliphatic rings. The summed E-state index contributed by atoms with van der Waals surface area (Å²) >= 11 is 0. The van der Waals surface area contributed by atoms with Crippen LogP contribution in [0.1, 0.15) is 53.9 Å². The van der Waals surface area contributed by atoms with Crippen LogP contribution in [0.15, 0.2) is 0 Å². The summed E-state index contributed by atoms with van der Waals surface area (Å²) in [7, 11) is 0. The molecule has 2 N–H and O–H groups in total. The molecule has 1 heterocycles. The van der Waals surface area contributed by atoms with Crippen molar-refractivity contribution < 1.29 is 0 Å². The fourth-order valence-corrected chi connectivity index (χ4v) is 4.12. The van der Waals surface area contributed by atoms with Crippen molar-refractivity contribution in [3.05, 3.63) is 0 Å². The Balaban J connectivity index is 1.97. The molecule has 2 fully saturated rings. The van der Waals surface area contributed by atoms with Gasteiger partial charge in [0.15, 0.2) is 0 Å². The van der Waals surface area contributed by atoms with E-state index in [0.717, 1.165) is 17.9 Å². The molecule has 18 heavy (non-hydrogen) atoms. The van der Waals surface area contributed by atoms with Crippen molar-refractivity contribution >= 4 is 0 Å². The van der Waals surface area contributed by atoms with Gasteiger partial charge in [0.05, 0.1) is 0 Å². The molecule has 2 rings (SSSR count). The fraction of sp³-hybridized carbons (Fsp3) is 1.00. The van der Waals surface area contributed by atoms with Gasteiger partial charge in [0.1, 0.15) is 0 Å². The van der Waals surface area contributed by atoms with Crippen LogP contribution in [0.25, 0.3) is 0 Å². The highest BCUT2D eigenvalue weighted by Crippen LogP contribution is 2.41. The molecule has 1 saturated heterocycles. The van der Waals surface area contributed by atoms with Crippen LogP contribution in [0.4, 0.5) is 0 Å². The van der Waals surface area contributed by atoms with Crippen LogP contribution in [-0.4, -0.2) is 30.1 Å². The summed E-state index contributed by atoms with van der Waals surface area (Å²) in [6.45, 7) is 14.4. The summed E-state index contributed by atoms with van der Waals surface area (Å²) in [6.07, 6.45) is 4.01. The van der Waals surface area contributed by atoms with E-state index in [1.54, 1.807) is 0 Å². The van der Waals surface area contributed by atoms with Crippen molar-refractivity contribution in [3.63, 3.8) is 0 Å². The van der Waals surface area contributed by atoms with E-state index in [4.69, 9.17) is 5.73 Å². The molecule has 0 aromatic rings. The third-order valence-electron chi connectivity index (χ3n) is 5.76. The summed E-state index contributed by atoms with van der Waals surface area (Å²) in [5, 5.41) is 0. The van der Waals surface area contributed by atoms with Crippen LogP contribution in [0.2, 0.25) is 0 Å². The first-order chi connectivity index (χ1) is 8.31. The van der Waals surface area contributed by atoms with Gasteiger partial charge < -0.3 is 5.73 Å². The van der Waals surface area contributed by atoms with Crippen LogP contribution < -0.4 is 5.73 Å². The van der Waals surface area contributed by atoms with Crippen LogP contribution >= 0.6 is 0 Å². The van der Waals surface area contributed by atoms with E-state index >= 15 is 0 Å². The van der Waals surface area contributed by atoms with Crippen molar-refractivity contribution in [3.8, 4) is 0 Å². The lowest BCUT2D eigenvalue weighted by Gasteiger charge is -2.43. The van der Waals surface area contributed by atoms with Gasteiger partial charge in [-0.05, 0) is 49.4 Å². The maximum absolute atomic E-state index is 6.46. The van der Waals surface area contributed by atoms with Crippen LogP contribution in [-0.2, 0) is 0 Å². The summed E-state index contributed by atoms with van der Waals surface area (Å²) in [5.74, 6) is 2.39. The molecule has 1 aliphatic carbocycles. The number of nitrogens with zero attached hydrogens (tertiary/aromatic N) is 1. The number of likely N-dealkylation sites (tertiary alicyclic amines) is 1. The third-order valence-corrected chi connectivity index (χ3v) is 5.76. The SMILES string of the molecule is CC1CC(C)C(C)N(CC2CCC(C)(C)C2N)C1. The van der Waals surface area contributed by atoms with E-state index in [-0.39, 0.29) is 0 Å². The van der Waals surface area contributed by atoms with Gasteiger partial charge in [-0.25, -0.2) is 0 Å². The van der Waals surface area contributed by atoms with Gasteiger partial charge in [-0.15, -0.1) is 0 Å². The number of hydrogen-bond donors (Lipinski definition) is 1. The molecule has 0 spiro atoms. The molecular weight excluding hydrogens is 220 g/mol. The van der Waals surface area contributed by atoms with Gasteiger partial charge in [0.2, 0.25) is 0 Å². The third kappa shape index (κ3) is 2.75. The van der Waals surface area contributed by atoms with Crippen molar-refractivity contribution in [2.24, 2.45) is 28.9 Å². The van der Waals surface area contributed by atoms with Crippen LogP contribution in [0.3, 0.4) is 0 Å². The molecule has 0 aromatic heterocycles. The zero-order valence-electron chi connectivity index (χ0n) is 12.9. The second kappa shape index (κ2) is 5.13. The van der Waals surface area contributed by atoms with E-state index in [2.05, 4.69) is 39.5 Å². The molecule has 1 saturated carbocycles. The maximum Gasteiger partial charge on any atom is 0.0131 e. The Hall–Kier alpha value is -0.0800. The lowest BCUT2D eigenvalue weighted by molar-refractivity contribution is 0.0607. The molecule has 0 amide bonds. The van der Waals surface area contributed by atoms with Gasteiger partial charge in [-0.2, -0.15) is 0 Å². The Morgan fingerprint density at radius 3 is 2.44 bits per heavy atom. The minimum absolute atomic E-state index is 0.348. The molecule has 5 unspecified atom stereocenters. The molecule has 5 atom stereocenters. The highest BCUT2D eigenvalue weighted by atomic mass is 15.2. The number of nitrogens with two attached hydrogens (primary N) is 1. The zero-order chi connectivity index (χ0) is 13.5. The average Bonchev–Trinajstić information content (AvgIpc) is 2.52. The first-order valence-corrected chi connectivity index (χ1v) is 7.81. The van der Waals surface area contributed by atoms with Crippen molar-refractivity contribution in [1.29, 1.82) is 0 Å². The molecule has 0 aromatic carbocycles. The molecule has 0 bridgehead atoms. The molecular formula is C16H32N2. The predicted molar refractivity (Wildman–Crippen MR) is 78.5 cm³/mol. The van der Waals surface area contributed by atoms with Crippen molar-refractivity contribution in [2.45, 2.75) is 66.0 Å². The summed E-state index contributed by atoms with van der Waals surface area (Å²) in [6, 6.07) is 1.12. The van der Waals surface area contributed by atoms with Gasteiger partial charge in [0, 0.05) is 25.2 Å². The minimum Gasteiger partial charge on any atom is -0.327 e. The number of piperidine rings is 1. The fourth-order valence-electron chi connectivity index (χ4n) is 4.12. The average molecular weight is 252 g/mol. The quantitative estimate of drug-likeness (QED) is 0.818. The molecule has 1 aliphatic heterocycles. The molecule has 0 radical (unpaired) electrons. The van der Waals surface area contributed by atoms with Gasteiger partial charge in [-0.1, -0.05) is 27.7 Å². The minimum atomic E-state index is 0.348. The van der Waals surface area contributed by atoms with Crippen molar-refractivity contribution in [1.82, 2.24) is 4.90 Å². The van der Waals surface area contributed by atoms with Gasteiger partial charge in [-0.3, -0.25) is 4.90 Å². The molecule has 106 valence electrons. The summed E-state index contributed by atoms with van der Waals surface area (Å²) < 4.78 is 0. The molecule has 2 nitrogen and oxygen atoms in total. The Bertz CT molecular complexity index is 287. The van der Waals surface area contributed by atoms with Gasteiger partial charge in [0.25, 0.3) is 0 Å². The lowest BCUT2D eigenvalue weighted by Crippen LogP contribution is -2.50. The monoisotopic (exact) mass is 252 g/mol. The predicted octanol–water partition coefficient (Wildman–Crippen LogP) is 3.12. The Kier molecular flexibility index (Phi) is 4.08. The van der Waals surface area contributed by atoms with Gasteiger partial charge >= 0.3 is 0 Å². The smallest absolute Gasteiger partial charge is 0.0131 e.